The highest BCUT2D eigenvalue weighted by Gasteiger charge is 2.43. The van der Waals surface area contributed by atoms with Crippen LogP contribution in [0.3, 0.4) is 0 Å². The number of amides is 1. The minimum absolute atomic E-state index is 0. The number of halogens is 4. The van der Waals surface area contributed by atoms with Crippen LogP contribution in [0.25, 0.3) is 11.3 Å². The normalized spacial score (nSPS) is 12.2. The van der Waals surface area contributed by atoms with Crippen LogP contribution in [0.2, 0.25) is 0 Å². The second-order valence-electron chi connectivity index (χ2n) is 7.89. The maximum Gasteiger partial charge on any atom is 0.491 e. The molecule has 4 rings (SSSR count). The topological polar surface area (TPSA) is 116 Å². The van der Waals surface area contributed by atoms with Gasteiger partial charge in [-0.05, 0) is 43.0 Å². The number of hydrogen-bond acceptors (Lipinski definition) is 7. The van der Waals surface area contributed by atoms with Crippen LogP contribution >= 0.6 is 12.4 Å². The summed E-state index contributed by atoms with van der Waals surface area (Å²) in [6.45, 7) is 0.356. The van der Waals surface area contributed by atoms with Crippen molar-refractivity contribution in [2.75, 3.05) is 6.54 Å². The fraction of sp³-hybridized carbons (Fsp3) is 0.348. The number of nitrogens with one attached hydrogen (secondary N) is 1. The molecule has 0 spiro atoms. The van der Waals surface area contributed by atoms with Crippen LogP contribution < -0.4 is 5.32 Å². The summed E-state index contributed by atoms with van der Waals surface area (Å²) in [5, 5.41) is 7.18. The molecule has 1 N–H and O–H groups in total. The van der Waals surface area contributed by atoms with E-state index in [1.807, 2.05) is 0 Å². The maximum absolute atomic E-state index is 12.7. The van der Waals surface area contributed by atoms with Gasteiger partial charge in [-0.3, -0.25) is 14.5 Å². The number of fused-ring (bicyclic) bond motifs is 3. The lowest BCUT2D eigenvalue weighted by atomic mass is 9.90. The van der Waals surface area contributed by atoms with E-state index >= 15 is 0 Å². The van der Waals surface area contributed by atoms with Crippen molar-refractivity contribution in [1.82, 2.24) is 20.1 Å². The van der Waals surface area contributed by atoms with Crippen LogP contribution in [-0.2, 0) is 40.1 Å². The van der Waals surface area contributed by atoms with E-state index in [4.69, 9.17) is 4.42 Å². The number of carbonyl (C=O) groups is 3. The predicted molar refractivity (Wildman–Crippen MR) is 121 cm³/mol. The summed E-state index contributed by atoms with van der Waals surface area (Å²) in [5.41, 5.74) is 2.24. The number of aryl methyl sites for hydroxylation is 3. The smallest absolute Gasteiger partial charge is 0.469 e. The Kier molecular flexibility index (Phi) is 8.51. The summed E-state index contributed by atoms with van der Waals surface area (Å²) >= 11 is 0. The molecule has 0 radical (unpaired) electrons. The van der Waals surface area contributed by atoms with Crippen molar-refractivity contribution in [3.63, 3.8) is 0 Å². The van der Waals surface area contributed by atoms with Gasteiger partial charge in [-0.15, -0.1) is 12.4 Å². The summed E-state index contributed by atoms with van der Waals surface area (Å²) in [6, 6.07) is 5.21. The fourth-order valence-electron chi connectivity index (χ4n) is 3.89. The zero-order valence-electron chi connectivity index (χ0n) is 18.8. The van der Waals surface area contributed by atoms with Gasteiger partial charge in [0, 0.05) is 49.5 Å². The lowest BCUT2D eigenvalue weighted by Gasteiger charge is -2.15. The number of pyridine rings is 1. The summed E-state index contributed by atoms with van der Waals surface area (Å²) in [7, 11) is 0. The average molecular weight is 527 g/mol. The zero-order valence-corrected chi connectivity index (χ0v) is 19.7. The molecule has 0 saturated carbocycles. The van der Waals surface area contributed by atoms with E-state index in [9.17, 15) is 27.6 Å². The Morgan fingerprint density at radius 1 is 1.19 bits per heavy atom. The molecule has 0 atom stereocenters. The van der Waals surface area contributed by atoms with Crippen molar-refractivity contribution >= 4 is 30.3 Å². The molecule has 0 bridgehead atoms. The third kappa shape index (κ3) is 6.11. The number of furan rings is 1. The highest BCUT2D eigenvalue weighted by molar-refractivity contribution is 5.99. The van der Waals surface area contributed by atoms with Gasteiger partial charge in [0.05, 0.1) is 12.0 Å². The quantitative estimate of drug-likeness (QED) is 0.271. The number of nitrogens with zero attached hydrogens (tertiary/aromatic N) is 3. The van der Waals surface area contributed by atoms with Gasteiger partial charge in [0.15, 0.2) is 5.69 Å². The fourth-order valence-corrected chi connectivity index (χ4v) is 3.89. The number of aromatic nitrogens is 3. The van der Waals surface area contributed by atoms with Crippen LogP contribution in [0.1, 0.15) is 40.2 Å². The Bertz CT molecular complexity index is 1240. The van der Waals surface area contributed by atoms with Crippen molar-refractivity contribution in [2.45, 2.75) is 44.8 Å². The van der Waals surface area contributed by atoms with Crippen molar-refractivity contribution in [2.24, 2.45) is 0 Å². The van der Waals surface area contributed by atoms with Gasteiger partial charge in [0.25, 0.3) is 0 Å². The largest absolute Gasteiger partial charge is 0.491 e. The van der Waals surface area contributed by atoms with Gasteiger partial charge in [0.1, 0.15) is 5.76 Å². The zero-order chi connectivity index (χ0) is 25.0. The molecule has 0 fully saturated rings. The molecular formula is C23H22ClF3N4O5. The Hall–Kier alpha value is -3.67. The second kappa shape index (κ2) is 11.4. The molecule has 9 nitrogen and oxygen atoms in total. The number of alkyl halides is 3. The molecule has 13 heteroatoms. The third-order valence-corrected chi connectivity index (χ3v) is 5.51. The van der Waals surface area contributed by atoms with E-state index in [0.717, 1.165) is 5.56 Å². The average Bonchev–Trinajstić information content (AvgIpc) is 3.47. The molecule has 1 aliphatic carbocycles. The predicted octanol–water partition coefficient (Wildman–Crippen LogP) is 3.44. The molecule has 192 valence electrons. The first-order valence-corrected chi connectivity index (χ1v) is 10.9. The van der Waals surface area contributed by atoms with Gasteiger partial charge in [-0.1, -0.05) is 0 Å². The summed E-state index contributed by atoms with van der Waals surface area (Å²) in [5.74, 6) is -3.51. The molecule has 0 aliphatic heterocycles. The molecule has 0 saturated heterocycles. The van der Waals surface area contributed by atoms with Crippen molar-refractivity contribution in [1.29, 1.82) is 0 Å². The first-order chi connectivity index (χ1) is 16.7. The summed E-state index contributed by atoms with van der Waals surface area (Å²) < 4.78 is 48.5. The molecule has 3 heterocycles. The molecule has 1 aliphatic rings. The van der Waals surface area contributed by atoms with Gasteiger partial charge in [-0.25, -0.2) is 9.59 Å². The first-order valence-electron chi connectivity index (χ1n) is 10.9. The van der Waals surface area contributed by atoms with Crippen LogP contribution in [-0.4, -0.2) is 45.3 Å². The minimum Gasteiger partial charge on any atom is -0.469 e. The Balaban J connectivity index is 0.00000361. The Labute approximate surface area is 209 Å². The number of esters is 2. The molecule has 1 amide bonds. The van der Waals surface area contributed by atoms with E-state index in [-0.39, 0.29) is 43.5 Å². The number of carbonyl (C=O) groups excluding carboxylic acids is 3. The number of rotatable bonds is 8. The lowest BCUT2D eigenvalue weighted by molar-refractivity contribution is -0.193. The first kappa shape index (κ1) is 26.9. The van der Waals surface area contributed by atoms with Crippen molar-refractivity contribution in [3.8, 4) is 11.3 Å². The molecule has 0 unspecified atom stereocenters. The van der Waals surface area contributed by atoms with Crippen molar-refractivity contribution < 1.29 is 36.7 Å². The summed E-state index contributed by atoms with van der Waals surface area (Å²) in [6.07, 6.45) is 1.27. The number of hydrogen-bond donors (Lipinski definition) is 1. The van der Waals surface area contributed by atoms with Crippen molar-refractivity contribution in [3.05, 3.63) is 59.4 Å². The molecule has 3 aromatic heterocycles. The van der Waals surface area contributed by atoms with Gasteiger partial charge in [0.2, 0.25) is 5.91 Å². The van der Waals surface area contributed by atoms with Crippen LogP contribution in [0.15, 0.2) is 41.3 Å². The van der Waals surface area contributed by atoms with Gasteiger partial charge in [-0.2, -0.15) is 18.3 Å². The highest BCUT2D eigenvalue weighted by Crippen LogP contribution is 2.34. The van der Waals surface area contributed by atoms with Crippen LogP contribution in [0.4, 0.5) is 13.2 Å². The van der Waals surface area contributed by atoms with E-state index in [0.29, 0.717) is 48.3 Å². The second-order valence-corrected chi connectivity index (χ2v) is 7.89. The standard InChI is InChI=1S/C23H21F3N4O5.ClH/c24-23(25,26)22(33)35-21(32)20-17-6-4-14-13-27-10-8-16(14)19(17)29-30(20)11-2-9-28-18(31)7-5-15-3-1-12-34-15;/h1,3,8,10,12-13H,2,4-7,9,11H2,(H,28,31);1H. The third-order valence-electron chi connectivity index (χ3n) is 5.51. The minimum atomic E-state index is -5.31. The van der Waals surface area contributed by atoms with E-state index < -0.39 is 18.1 Å². The van der Waals surface area contributed by atoms with Crippen LogP contribution in [0, 0.1) is 0 Å². The molecular weight excluding hydrogens is 505 g/mol. The monoisotopic (exact) mass is 526 g/mol. The molecule has 3 aromatic rings. The van der Waals surface area contributed by atoms with E-state index in [1.54, 1.807) is 30.6 Å². The Morgan fingerprint density at radius 3 is 2.72 bits per heavy atom. The van der Waals surface area contributed by atoms with Gasteiger partial charge < -0.3 is 14.5 Å². The maximum atomic E-state index is 12.7. The lowest BCUT2D eigenvalue weighted by Crippen LogP contribution is -2.30. The summed E-state index contributed by atoms with van der Waals surface area (Å²) in [4.78, 5) is 40.0. The number of ether oxygens (including phenoxy) is 1. The van der Waals surface area contributed by atoms with Crippen LogP contribution in [0.5, 0.6) is 0 Å². The van der Waals surface area contributed by atoms with E-state index in [2.05, 4.69) is 20.1 Å². The van der Waals surface area contributed by atoms with Gasteiger partial charge >= 0.3 is 18.1 Å². The van der Waals surface area contributed by atoms with E-state index in [1.165, 1.54) is 10.9 Å². The molecule has 36 heavy (non-hydrogen) atoms. The Morgan fingerprint density at radius 2 is 2.00 bits per heavy atom. The molecule has 0 aromatic carbocycles. The SMILES string of the molecule is Cl.O=C(CCc1ccco1)NCCCn1nc2c(c1C(=O)OC(=O)C(F)(F)F)CCc1cnccc1-2. The highest BCUT2D eigenvalue weighted by atomic mass is 35.5.